The number of carbonyl (C=O) groups is 1. The summed E-state index contributed by atoms with van der Waals surface area (Å²) in [4.78, 5) is 14.8. The summed E-state index contributed by atoms with van der Waals surface area (Å²) in [5.41, 5.74) is 1.77. The fraction of sp³-hybridized carbons (Fsp3) is 0.611. The van der Waals surface area contributed by atoms with Crippen molar-refractivity contribution in [2.24, 2.45) is 5.92 Å². The van der Waals surface area contributed by atoms with Crippen LogP contribution in [-0.4, -0.2) is 29.9 Å². The van der Waals surface area contributed by atoms with Gasteiger partial charge in [0.2, 0.25) is 5.91 Å². The molecule has 0 unspecified atom stereocenters. The lowest BCUT2D eigenvalue weighted by molar-refractivity contribution is -0.116. The summed E-state index contributed by atoms with van der Waals surface area (Å²) < 4.78 is 0. The second-order valence-corrected chi connectivity index (χ2v) is 7.05. The molecule has 1 amide bonds. The smallest absolute Gasteiger partial charge is 0.225 e. The molecule has 0 spiro atoms. The van der Waals surface area contributed by atoms with Crippen molar-refractivity contribution in [3.63, 3.8) is 0 Å². The quantitative estimate of drug-likeness (QED) is 0.900. The number of nitrogens with one attached hydrogen (secondary N) is 1. The van der Waals surface area contributed by atoms with E-state index in [1.807, 2.05) is 25.1 Å². The number of hydrogen-bond acceptors (Lipinski definition) is 2. The highest BCUT2D eigenvalue weighted by Crippen LogP contribution is 2.36. The minimum absolute atomic E-state index is 0.0884. The van der Waals surface area contributed by atoms with Crippen molar-refractivity contribution in [1.82, 2.24) is 4.90 Å². The lowest BCUT2D eigenvalue weighted by Gasteiger charge is -2.37. The second kappa shape index (κ2) is 7.01. The van der Waals surface area contributed by atoms with E-state index in [2.05, 4.69) is 10.2 Å². The molecule has 1 heterocycles. The van der Waals surface area contributed by atoms with Crippen molar-refractivity contribution in [3.8, 4) is 0 Å². The first-order chi connectivity index (χ1) is 10.6. The summed E-state index contributed by atoms with van der Waals surface area (Å²) >= 11 is 6.10. The van der Waals surface area contributed by atoms with Crippen molar-refractivity contribution in [2.45, 2.75) is 51.5 Å². The Balaban J connectivity index is 1.53. The molecule has 3 nitrogen and oxygen atoms in total. The molecule has 22 heavy (non-hydrogen) atoms. The Morgan fingerprint density at radius 2 is 2.14 bits per heavy atom. The zero-order valence-electron chi connectivity index (χ0n) is 13.3. The number of nitrogens with zero attached hydrogens (tertiary/aromatic N) is 1. The van der Waals surface area contributed by atoms with Crippen molar-refractivity contribution >= 4 is 23.2 Å². The second-order valence-electron chi connectivity index (χ2n) is 6.65. The van der Waals surface area contributed by atoms with E-state index in [9.17, 15) is 4.79 Å². The molecule has 4 heteroatoms. The van der Waals surface area contributed by atoms with Crippen LogP contribution in [0.25, 0.3) is 0 Å². The number of anilines is 1. The molecule has 1 saturated carbocycles. The molecule has 0 bridgehead atoms. The van der Waals surface area contributed by atoms with Gasteiger partial charge in [0.15, 0.2) is 0 Å². The van der Waals surface area contributed by atoms with Crippen LogP contribution in [0.15, 0.2) is 18.2 Å². The van der Waals surface area contributed by atoms with Gasteiger partial charge in [0.05, 0.1) is 0 Å². The highest BCUT2D eigenvalue weighted by atomic mass is 35.5. The number of rotatable bonds is 4. The van der Waals surface area contributed by atoms with Crippen LogP contribution in [0.4, 0.5) is 5.69 Å². The third-order valence-electron chi connectivity index (χ3n) is 5.28. The molecule has 1 saturated heterocycles. The van der Waals surface area contributed by atoms with Crippen LogP contribution in [0.3, 0.4) is 0 Å². The largest absolute Gasteiger partial charge is 0.326 e. The average molecular weight is 321 g/mol. The van der Waals surface area contributed by atoms with Gasteiger partial charge in [-0.3, -0.25) is 9.69 Å². The molecule has 1 N–H and O–H groups in total. The van der Waals surface area contributed by atoms with Crippen molar-refractivity contribution in [1.29, 1.82) is 0 Å². The van der Waals surface area contributed by atoms with E-state index in [-0.39, 0.29) is 5.91 Å². The summed E-state index contributed by atoms with van der Waals surface area (Å²) in [7, 11) is 0. The van der Waals surface area contributed by atoms with E-state index < -0.39 is 0 Å². The first-order valence-electron chi connectivity index (χ1n) is 8.44. The Kier molecular flexibility index (Phi) is 5.04. The van der Waals surface area contributed by atoms with E-state index in [0.717, 1.165) is 36.3 Å². The van der Waals surface area contributed by atoms with Gasteiger partial charge >= 0.3 is 0 Å². The zero-order valence-corrected chi connectivity index (χ0v) is 14.0. The molecule has 0 radical (unpaired) electrons. The summed E-state index contributed by atoms with van der Waals surface area (Å²) in [5.74, 6) is 0.970. The predicted octanol–water partition coefficient (Wildman–Crippen LogP) is 4.24. The van der Waals surface area contributed by atoms with Gasteiger partial charge in [-0.15, -0.1) is 0 Å². The Hall–Kier alpha value is -1.06. The van der Waals surface area contributed by atoms with Crippen LogP contribution in [0.2, 0.25) is 5.02 Å². The van der Waals surface area contributed by atoms with Gasteiger partial charge in [0.1, 0.15) is 0 Å². The van der Waals surface area contributed by atoms with Gasteiger partial charge in [0, 0.05) is 29.7 Å². The van der Waals surface area contributed by atoms with Crippen LogP contribution in [0.5, 0.6) is 0 Å². The Morgan fingerprint density at radius 3 is 3.00 bits per heavy atom. The molecule has 2 atom stereocenters. The first-order valence-corrected chi connectivity index (χ1v) is 8.82. The molecule has 2 aliphatic rings. The summed E-state index contributed by atoms with van der Waals surface area (Å²) in [6.45, 7) is 3.98. The maximum atomic E-state index is 12.2. The number of fused-ring (bicyclic) bond motifs is 1. The van der Waals surface area contributed by atoms with E-state index in [4.69, 9.17) is 11.6 Å². The highest BCUT2D eigenvalue weighted by Gasteiger charge is 2.34. The van der Waals surface area contributed by atoms with E-state index in [1.54, 1.807) is 0 Å². The molecule has 1 aliphatic carbocycles. The molecule has 2 fully saturated rings. The zero-order chi connectivity index (χ0) is 15.5. The number of likely N-dealkylation sites (tertiary alicyclic amines) is 1. The fourth-order valence-corrected chi connectivity index (χ4v) is 4.21. The van der Waals surface area contributed by atoms with Crippen molar-refractivity contribution < 1.29 is 4.79 Å². The normalized spacial score (nSPS) is 25.0. The molecular formula is C18H25ClN2O. The lowest BCUT2D eigenvalue weighted by Crippen LogP contribution is -2.43. The maximum absolute atomic E-state index is 12.2. The van der Waals surface area contributed by atoms with E-state index >= 15 is 0 Å². The average Bonchev–Trinajstić information content (AvgIpc) is 2.99. The monoisotopic (exact) mass is 320 g/mol. The molecule has 1 aromatic rings. The third-order valence-corrected chi connectivity index (χ3v) is 5.69. The molecular weight excluding hydrogens is 296 g/mol. The highest BCUT2D eigenvalue weighted by molar-refractivity contribution is 6.31. The topological polar surface area (TPSA) is 32.3 Å². The first kappa shape index (κ1) is 15.8. The van der Waals surface area contributed by atoms with Gasteiger partial charge in [0.25, 0.3) is 0 Å². The van der Waals surface area contributed by atoms with E-state index in [1.165, 1.54) is 32.1 Å². The fourth-order valence-electron chi connectivity index (χ4n) is 4.04. The van der Waals surface area contributed by atoms with Crippen LogP contribution in [0, 0.1) is 12.8 Å². The van der Waals surface area contributed by atoms with Gasteiger partial charge in [-0.1, -0.05) is 24.1 Å². The molecule has 0 aromatic heterocycles. The van der Waals surface area contributed by atoms with Gasteiger partial charge in [-0.05, 0) is 62.8 Å². The van der Waals surface area contributed by atoms with Gasteiger partial charge < -0.3 is 5.32 Å². The minimum Gasteiger partial charge on any atom is -0.326 e. The van der Waals surface area contributed by atoms with Crippen LogP contribution in [-0.2, 0) is 4.79 Å². The lowest BCUT2D eigenvalue weighted by atomic mass is 9.92. The third kappa shape index (κ3) is 3.47. The summed E-state index contributed by atoms with van der Waals surface area (Å²) in [6.07, 6.45) is 7.30. The number of halogens is 1. The Bertz CT molecular complexity index is 546. The van der Waals surface area contributed by atoms with Gasteiger partial charge in [-0.2, -0.15) is 0 Å². The number of hydrogen-bond donors (Lipinski definition) is 1. The molecule has 3 rings (SSSR count). The predicted molar refractivity (Wildman–Crippen MR) is 91.4 cm³/mol. The standard InChI is InChI=1S/C18H25ClN2O/c1-13-15(19)7-3-8-16(13)20-18(22)10-12-21-11-4-6-14-5-2-9-17(14)21/h3,7-8,14,17H,2,4-6,9-12H2,1H3,(H,20,22)/t14-,17+/m0/s1. The Labute approximate surface area is 138 Å². The molecule has 120 valence electrons. The van der Waals surface area contributed by atoms with Gasteiger partial charge in [-0.25, -0.2) is 0 Å². The van der Waals surface area contributed by atoms with Crippen molar-refractivity contribution in [3.05, 3.63) is 28.8 Å². The minimum atomic E-state index is 0.0884. The number of benzene rings is 1. The number of carbonyl (C=O) groups excluding carboxylic acids is 1. The summed E-state index contributed by atoms with van der Waals surface area (Å²) in [6, 6.07) is 6.36. The maximum Gasteiger partial charge on any atom is 0.225 e. The SMILES string of the molecule is Cc1c(Cl)cccc1NC(=O)CCN1CCC[C@@H]2CCC[C@H]21. The van der Waals surface area contributed by atoms with Crippen LogP contribution < -0.4 is 5.32 Å². The summed E-state index contributed by atoms with van der Waals surface area (Å²) in [5, 5.41) is 3.70. The molecule has 1 aromatic carbocycles. The number of amides is 1. The van der Waals surface area contributed by atoms with Crippen LogP contribution in [0.1, 0.15) is 44.1 Å². The van der Waals surface area contributed by atoms with Crippen LogP contribution >= 0.6 is 11.6 Å². The van der Waals surface area contributed by atoms with Crippen molar-refractivity contribution in [2.75, 3.05) is 18.4 Å². The molecule has 1 aliphatic heterocycles. The number of piperidine rings is 1. The van der Waals surface area contributed by atoms with E-state index in [0.29, 0.717) is 11.4 Å². The Morgan fingerprint density at radius 1 is 1.32 bits per heavy atom.